The fraction of sp³-hybridized carbons (Fsp3) is 0.240. The largest absolute Gasteiger partial charge is 0.355 e. The number of benzene rings is 1. The monoisotopic (exact) mass is 443 g/mol. The summed E-state index contributed by atoms with van der Waals surface area (Å²) in [6, 6.07) is 11.4. The van der Waals surface area contributed by atoms with E-state index in [1.54, 1.807) is 18.3 Å². The van der Waals surface area contributed by atoms with Crippen LogP contribution in [0.1, 0.15) is 47.6 Å². The van der Waals surface area contributed by atoms with Crippen LogP contribution in [0.15, 0.2) is 42.6 Å². The molecule has 0 saturated carbocycles. The number of nitrogens with one attached hydrogen (secondary N) is 3. The number of carbonyl (C=O) groups is 3. The fourth-order valence-corrected chi connectivity index (χ4v) is 3.91. The lowest BCUT2D eigenvalue weighted by atomic mass is 10.0. The number of anilines is 2. The van der Waals surface area contributed by atoms with Crippen LogP contribution in [-0.2, 0) is 16.1 Å². The molecule has 0 unspecified atom stereocenters. The first-order valence-corrected chi connectivity index (χ1v) is 10.6. The van der Waals surface area contributed by atoms with E-state index >= 15 is 0 Å². The Morgan fingerprint density at radius 2 is 1.88 bits per heavy atom. The van der Waals surface area contributed by atoms with Gasteiger partial charge in [-0.1, -0.05) is 17.7 Å². The molecule has 1 aromatic carbocycles. The van der Waals surface area contributed by atoms with Crippen LogP contribution in [0.3, 0.4) is 0 Å². The van der Waals surface area contributed by atoms with Gasteiger partial charge in [0.2, 0.25) is 5.91 Å². The van der Waals surface area contributed by atoms with Gasteiger partial charge in [0.1, 0.15) is 5.78 Å². The average Bonchev–Trinajstić information content (AvgIpc) is 3.13. The average molecular weight is 444 g/mol. The first kappa shape index (κ1) is 22.1. The van der Waals surface area contributed by atoms with Gasteiger partial charge in [-0.25, -0.2) is 0 Å². The van der Waals surface area contributed by atoms with Crippen molar-refractivity contribution in [1.82, 2.24) is 14.9 Å². The Morgan fingerprint density at radius 1 is 1.15 bits per heavy atom. The number of pyridine rings is 1. The van der Waals surface area contributed by atoms with Crippen LogP contribution in [0.25, 0.3) is 11.3 Å². The zero-order valence-electron chi connectivity index (χ0n) is 18.8. The second kappa shape index (κ2) is 8.82. The van der Waals surface area contributed by atoms with Gasteiger partial charge >= 0.3 is 0 Å². The Morgan fingerprint density at radius 3 is 2.55 bits per heavy atom. The number of hydrogen-bond donors (Lipinski definition) is 3. The third kappa shape index (κ3) is 4.59. The van der Waals surface area contributed by atoms with Crippen molar-refractivity contribution in [2.75, 3.05) is 11.9 Å². The van der Waals surface area contributed by atoms with Crippen LogP contribution in [0.2, 0.25) is 0 Å². The zero-order valence-corrected chi connectivity index (χ0v) is 18.8. The van der Waals surface area contributed by atoms with Gasteiger partial charge in [-0.3, -0.25) is 19.4 Å². The van der Waals surface area contributed by atoms with Gasteiger partial charge in [0, 0.05) is 36.5 Å². The minimum absolute atomic E-state index is 0.00178. The molecule has 0 aliphatic carbocycles. The molecular formula is C25H25N5O3. The van der Waals surface area contributed by atoms with Crippen LogP contribution in [0, 0.1) is 12.3 Å². The van der Waals surface area contributed by atoms with Crippen molar-refractivity contribution in [2.24, 2.45) is 0 Å². The quantitative estimate of drug-likeness (QED) is 0.497. The molecule has 33 heavy (non-hydrogen) atoms. The summed E-state index contributed by atoms with van der Waals surface area (Å²) in [5.41, 5.74) is 5.66. The van der Waals surface area contributed by atoms with E-state index in [-0.39, 0.29) is 36.2 Å². The van der Waals surface area contributed by atoms with Crippen molar-refractivity contribution in [2.45, 2.75) is 33.7 Å². The standard InChI is InChI=1S/C25H25N5O3/c1-14-4-6-18(7-5-14)28-25-23-21(12-30(16(3)32)13-22(23)33)29-24(25)17-8-9-27-20(11-17)19(26)10-15(2)31/h4-9,11,26,28-29H,10,12-13H2,1-3H3. The summed E-state index contributed by atoms with van der Waals surface area (Å²) in [4.78, 5) is 45.5. The normalized spacial score (nSPS) is 12.9. The predicted octanol–water partition coefficient (Wildman–Crippen LogP) is 4.02. The maximum atomic E-state index is 13.1. The van der Waals surface area contributed by atoms with Crippen LogP contribution in [0.5, 0.6) is 0 Å². The molecule has 8 nitrogen and oxygen atoms in total. The highest BCUT2D eigenvalue weighted by molar-refractivity contribution is 6.10. The molecular weight excluding hydrogens is 418 g/mol. The Hall–Kier alpha value is -4.07. The van der Waals surface area contributed by atoms with E-state index in [0.717, 1.165) is 16.8 Å². The smallest absolute Gasteiger partial charge is 0.220 e. The van der Waals surface area contributed by atoms with Crippen LogP contribution in [0.4, 0.5) is 11.4 Å². The molecule has 3 heterocycles. The number of hydrogen-bond acceptors (Lipinski definition) is 6. The lowest BCUT2D eigenvalue weighted by Crippen LogP contribution is -2.38. The molecule has 0 spiro atoms. The molecule has 0 bridgehead atoms. The first-order valence-electron chi connectivity index (χ1n) is 10.6. The highest BCUT2D eigenvalue weighted by Crippen LogP contribution is 2.38. The topological polar surface area (TPSA) is 119 Å². The number of Topliss-reactive ketones (excluding diaryl/α,β-unsaturated/α-hetero) is 2. The molecule has 1 aliphatic rings. The van der Waals surface area contributed by atoms with Gasteiger partial charge in [0.25, 0.3) is 0 Å². The number of nitrogens with zero attached hydrogens (tertiary/aromatic N) is 2. The van der Waals surface area contributed by atoms with E-state index in [1.165, 1.54) is 18.7 Å². The summed E-state index contributed by atoms with van der Waals surface area (Å²) in [6.45, 7) is 5.21. The highest BCUT2D eigenvalue weighted by Gasteiger charge is 2.31. The summed E-state index contributed by atoms with van der Waals surface area (Å²) < 4.78 is 0. The number of aryl methyl sites for hydroxylation is 1. The van der Waals surface area contributed by atoms with Gasteiger partial charge in [-0.15, -0.1) is 0 Å². The molecule has 0 saturated heterocycles. The van der Waals surface area contributed by atoms with Crippen LogP contribution >= 0.6 is 0 Å². The molecule has 0 atom stereocenters. The van der Waals surface area contributed by atoms with Gasteiger partial charge < -0.3 is 20.6 Å². The van der Waals surface area contributed by atoms with Crippen molar-refractivity contribution in [3.8, 4) is 11.3 Å². The van der Waals surface area contributed by atoms with Crippen molar-refractivity contribution in [3.05, 3.63) is 65.1 Å². The molecule has 3 N–H and O–H groups in total. The molecule has 0 radical (unpaired) electrons. The molecule has 168 valence electrons. The number of carbonyl (C=O) groups excluding carboxylic acids is 3. The first-order chi connectivity index (χ1) is 15.7. The lowest BCUT2D eigenvalue weighted by molar-refractivity contribution is -0.129. The minimum Gasteiger partial charge on any atom is -0.355 e. The van der Waals surface area contributed by atoms with Crippen molar-refractivity contribution >= 4 is 34.6 Å². The second-order valence-corrected chi connectivity index (χ2v) is 8.30. The molecule has 1 amide bonds. The molecule has 4 rings (SSSR count). The molecule has 3 aromatic rings. The van der Waals surface area contributed by atoms with E-state index in [4.69, 9.17) is 5.41 Å². The van der Waals surface area contributed by atoms with Gasteiger partial charge in [-0.05, 0) is 38.1 Å². The van der Waals surface area contributed by atoms with E-state index < -0.39 is 0 Å². The van der Waals surface area contributed by atoms with E-state index in [0.29, 0.717) is 34.9 Å². The maximum absolute atomic E-state index is 13.1. The predicted molar refractivity (Wildman–Crippen MR) is 126 cm³/mol. The fourth-order valence-electron chi connectivity index (χ4n) is 3.91. The van der Waals surface area contributed by atoms with E-state index in [9.17, 15) is 14.4 Å². The summed E-state index contributed by atoms with van der Waals surface area (Å²) in [6.07, 6.45) is 1.58. The summed E-state index contributed by atoms with van der Waals surface area (Å²) in [7, 11) is 0. The third-order valence-electron chi connectivity index (χ3n) is 5.59. The number of ketones is 2. The van der Waals surface area contributed by atoms with Crippen molar-refractivity contribution < 1.29 is 14.4 Å². The van der Waals surface area contributed by atoms with Gasteiger partial charge in [-0.2, -0.15) is 0 Å². The molecule has 8 heteroatoms. The van der Waals surface area contributed by atoms with E-state index in [1.807, 2.05) is 31.2 Å². The number of aromatic amines is 1. The zero-order chi connectivity index (χ0) is 23.7. The van der Waals surface area contributed by atoms with Gasteiger partial charge in [0.15, 0.2) is 5.78 Å². The minimum atomic E-state index is -0.165. The summed E-state index contributed by atoms with van der Waals surface area (Å²) in [5, 5.41) is 11.6. The second-order valence-electron chi connectivity index (χ2n) is 8.30. The summed E-state index contributed by atoms with van der Waals surface area (Å²) >= 11 is 0. The Balaban J connectivity index is 1.82. The third-order valence-corrected chi connectivity index (χ3v) is 5.59. The van der Waals surface area contributed by atoms with Crippen LogP contribution < -0.4 is 5.32 Å². The highest BCUT2D eigenvalue weighted by atomic mass is 16.2. The lowest BCUT2D eigenvalue weighted by Gasteiger charge is -2.25. The Labute approximate surface area is 191 Å². The summed E-state index contributed by atoms with van der Waals surface area (Å²) in [5.74, 6) is -0.427. The Bertz CT molecular complexity index is 1270. The van der Waals surface area contributed by atoms with E-state index in [2.05, 4.69) is 15.3 Å². The van der Waals surface area contributed by atoms with Gasteiger partial charge in [0.05, 0.1) is 41.4 Å². The Kier molecular flexibility index (Phi) is 5.91. The number of aromatic nitrogens is 2. The van der Waals surface area contributed by atoms with Crippen LogP contribution in [-0.4, -0.2) is 44.6 Å². The number of fused-ring (bicyclic) bond motifs is 1. The maximum Gasteiger partial charge on any atom is 0.220 e. The molecule has 1 aliphatic heterocycles. The number of H-pyrrole nitrogens is 1. The van der Waals surface area contributed by atoms with Crippen molar-refractivity contribution in [3.63, 3.8) is 0 Å². The van der Waals surface area contributed by atoms with Crippen molar-refractivity contribution in [1.29, 1.82) is 5.41 Å². The number of amides is 1. The number of rotatable bonds is 6. The molecule has 2 aromatic heterocycles. The SMILES string of the molecule is CC(=O)CC(=N)c1cc(-c2[nH]c3c(c2Nc2ccc(C)cc2)C(=O)CN(C(C)=O)C3)ccn1. The molecule has 0 fully saturated rings.